The summed E-state index contributed by atoms with van der Waals surface area (Å²) >= 11 is 0. The van der Waals surface area contributed by atoms with Crippen molar-refractivity contribution in [3.8, 4) is 6.07 Å². The molecule has 0 saturated carbocycles. The van der Waals surface area contributed by atoms with E-state index in [1.54, 1.807) is 53.4 Å². The summed E-state index contributed by atoms with van der Waals surface area (Å²) in [7, 11) is 0. The molecule has 4 rings (SSSR count). The number of aliphatic hydroxyl groups excluding tert-OH is 1. The highest BCUT2D eigenvalue weighted by atomic mass is 16.5. The van der Waals surface area contributed by atoms with Gasteiger partial charge in [0.2, 0.25) is 5.91 Å². The molecule has 1 fully saturated rings. The first-order valence-electron chi connectivity index (χ1n) is 10.6. The van der Waals surface area contributed by atoms with Crippen LogP contribution in [0.2, 0.25) is 0 Å². The van der Waals surface area contributed by atoms with Crippen molar-refractivity contribution in [2.45, 2.75) is 18.7 Å². The Bertz CT molecular complexity index is 1150. The Balaban J connectivity index is 1.45. The molecule has 0 bridgehead atoms. The number of aliphatic hydroxyl groups is 1. The second-order valence-corrected chi connectivity index (χ2v) is 7.80. The van der Waals surface area contributed by atoms with Crippen molar-refractivity contribution in [3.05, 3.63) is 101 Å². The van der Waals surface area contributed by atoms with Crippen LogP contribution in [0.1, 0.15) is 33.2 Å². The summed E-state index contributed by atoms with van der Waals surface area (Å²) in [6.45, 7) is 0.622. The lowest BCUT2D eigenvalue weighted by atomic mass is 9.99. The average Bonchev–Trinajstić information content (AvgIpc) is 2.86. The average molecular weight is 441 g/mol. The van der Waals surface area contributed by atoms with Gasteiger partial charge in [-0.1, -0.05) is 42.5 Å². The highest BCUT2D eigenvalue weighted by Gasteiger charge is 2.34. The normalized spacial score (nSPS) is 16.7. The van der Waals surface area contributed by atoms with Crippen LogP contribution in [0, 0.1) is 11.3 Å². The molecular formula is C26H23N3O4. The van der Waals surface area contributed by atoms with Crippen LogP contribution in [0.4, 0.5) is 5.69 Å². The van der Waals surface area contributed by atoms with Gasteiger partial charge in [-0.05, 0) is 47.5 Å². The van der Waals surface area contributed by atoms with E-state index in [2.05, 4.69) is 5.32 Å². The molecule has 1 aliphatic heterocycles. The van der Waals surface area contributed by atoms with Crippen molar-refractivity contribution >= 4 is 17.5 Å². The molecule has 2 amide bonds. The number of hydrogen-bond acceptors (Lipinski definition) is 5. The van der Waals surface area contributed by atoms with E-state index in [9.17, 15) is 14.7 Å². The van der Waals surface area contributed by atoms with Crippen molar-refractivity contribution in [2.24, 2.45) is 0 Å². The molecule has 0 radical (unpaired) electrons. The maximum absolute atomic E-state index is 12.5. The topological polar surface area (TPSA) is 103 Å². The van der Waals surface area contributed by atoms with Gasteiger partial charge in [-0.3, -0.25) is 9.59 Å². The minimum Gasteiger partial charge on any atom is -0.386 e. The maximum atomic E-state index is 12.5. The summed E-state index contributed by atoms with van der Waals surface area (Å²) in [5.41, 5.74) is 3.08. The molecule has 1 aliphatic rings. The fourth-order valence-corrected chi connectivity index (χ4v) is 3.76. The van der Waals surface area contributed by atoms with Crippen molar-refractivity contribution in [1.29, 1.82) is 5.26 Å². The quantitative estimate of drug-likeness (QED) is 0.611. The van der Waals surface area contributed by atoms with Crippen LogP contribution < -0.4 is 5.32 Å². The van der Waals surface area contributed by atoms with Crippen LogP contribution in [0.3, 0.4) is 0 Å². The van der Waals surface area contributed by atoms with Crippen molar-refractivity contribution in [1.82, 2.24) is 4.90 Å². The number of nitrogens with one attached hydrogen (secondary N) is 1. The van der Waals surface area contributed by atoms with E-state index in [0.717, 1.165) is 5.56 Å². The first kappa shape index (κ1) is 22.2. The molecule has 33 heavy (non-hydrogen) atoms. The zero-order valence-electron chi connectivity index (χ0n) is 17.8. The third-order valence-electron chi connectivity index (χ3n) is 5.58. The van der Waals surface area contributed by atoms with Crippen LogP contribution in [-0.4, -0.2) is 41.1 Å². The van der Waals surface area contributed by atoms with E-state index in [1.165, 1.54) is 0 Å². The summed E-state index contributed by atoms with van der Waals surface area (Å²) in [6.07, 6.45) is -0.943. The fraction of sp³-hybridized carbons (Fsp3) is 0.192. The number of hydrogen-bond donors (Lipinski definition) is 2. The molecule has 166 valence electrons. The number of ether oxygens (including phenoxy) is 1. The lowest BCUT2D eigenvalue weighted by molar-refractivity contribution is -0.155. The number of nitrogens with zero attached hydrogens (tertiary/aromatic N) is 2. The van der Waals surface area contributed by atoms with E-state index in [4.69, 9.17) is 10.00 Å². The van der Waals surface area contributed by atoms with Gasteiger partial charge in [-0.15, -0.1) is 0 Å². The third-order valence-corrected chi connectivity index (χ3v) is 5.58. The second-order valence-electron chi connectivity index (χ2n) is 7.80. The Morgan fingerprint density at radius 2 is 1.79 bits per heavy atom. The van der Waals surface area contributed by atoms with E-state index in [0.29, 0.717) is 28.9 Å². The Morgan fingerprint density at radius 3 is 2.45 bits per heavy atom. The number of anilines is 1. The molecule has 0 unspecified atom stereocenters. The maximum Gasteiger partial charge on any atom is 0.255 e. The summed E-state index contributed by atoms with van der Waals surface area (Å²) in [6, 6.07) is 24.3. The fourth-order valence-electron chi connectivity index (χ4n) is 3.76. The van der Waals surface area contributed by atoms with Crippen LogP contribution in [0.15, 0.2) is 78.9 Å². The van der Waals surface area contributed by atoms with Crippen LogP contribution in [0.25, 0.3) is 0 Å². The molecule has 0 spiro atoms. The molecule has 2 N–H and O–H groups in total. The molecule has 2 atom stereocenters. The molecule has 3 aromatic rings. The summed E-state index contributed by atoms with van der Waals surface area (Å²) in [5.74, 6) is -0.464. The Hall–Kier alpha value is -3.99. The summed E-state index contributed by atoms with van der Waals surface area (Å²) < 4.78 is 5.42. The van der Waals surface area contributed by atoms with Crippen molar-refractivity contribution < 1.29 is 19.4 Å². The first-order chi connectivity index (χ1) is 16.0. The highest BCUT2D eigenvalue weighted by molar-refractivity contribution is 6.04. The highest BCUT2D eigenvalue weighted by Crippen LogP contribution is 2.27. The number of carbonyl (C=O) groups excluding carboxylic acids is 2. The zero-order valence-corrected chi connectivity index (χ0v) is 17.8. The molecule has 7 heteroatoms. The summed E-state index contributed by atoms with van der Waals surface area (Å²) in [5, 5.41) is 22.7. The largest absolute Gasteiger partial charge is 0.386 e. The van der Waals surface area contributed by atoms with Gasteiger partial charge >= 0.3 is 0 Å². The predicted molar refractivity (Wildman–Crippen MR) is 122 cm³/mol. The third kappa shape index (κ3) is 5.26. The van der Waals surface area contributed by atoms with Crippen molar-refractivity contribution in [3.63, 3.8) is 0 Å². The van der Waals surface area contributed by atoms with Crippen LogP contribution in [0.5, 0.6) is 0 Å². The lowest BCUT2D eigenvalue weighted by Crippen LogP contribution is -2.51. The monoisotopic (exact) mass is 441 g/mol. The van der Waals surface area contributed by atoms with Crippen LogP contribution in [-0.2, 0) is 16.1 Å². The van der Waals surface area contributed by atoms with Gasteiger partial charge < -0.3 is 20.1 Å². The molecule has 1 heterocycles. The van der Waals surface area contributed by atoms with Gasteiger partial charge in [0.05, 0.1) is 24.3 Å². The smallest absolute Gasteiger partial charge is 0.255 e. The Kier molecular flexibility index (Phi) is 6.79. The zero-order chi connectivity index (χ0) is 23.2. The standard InChI is InChI=1S/C26H23N3O4/c27-14-18-6-8-21(9-7-18)26(32)28-22-12-10-20(11-13-22)25(31)23-16-33-17-24(30)29(23)15-19-4-2-1-3-5-19/h1-13,23,25,31H,15-17H2,(H,28,32)/t23-,25-/m1/s1. The molecule has 0 aromatic heterocycles. The van der Waals surface area contributed by atoms with E-state index in [-0.39, 0.29) is 25.0 Å². The predicted octanol–water partition coefficient (Wildman–Crippen LogP) is 3.27. The van der Waals surface area contributed by atoms with Gasteiger partial charge in [-0.25, -0.2) is 0 Å². The van der Waals surface area contributed by atoms with E-state index >= 15 is 0 Å². The minimum atomic E-state index is -0.943. The van der Waals surface area contributed by atoms with E-state index in [1.807, 2.05) is 36.4 Å². The van der Waals surface area contributed by atoms with Crippen LogP contribution >= 0.6 is 0 Å². The van der Waals surface area contributed by atoms with Gasteiger partial charge in [0.25, 0.3) is 5.91 Å². The Labute approximate surface area is 191 Å². The Morgan fingerprint density at radius 1 is 1.09 bits per heavy atom. The van der Waals surface area contributed by atoms with Gasteiger partial charge in [-0.2, -0.15) is 5.26 Å². The molecular weight excluding hydrogens is 418 g/mol. The number of rotatable bonds is 6. The number of amides is 2. The van der Waals surface area contributed by atoms with Gasteiger partial charge in [0.15, 0.2) is 0 Å². The van der Waals surface area contributed by atoms with Crippen molar-refractivity contribution in [2.75, 3.05) is 18.5 Å². The number of benzene rings is 3. The SMILES string of the molecule is N#Cc1ccc(C(=O)Nc2ccc([C@@H](O)[C@H]3COCC(=O)N3Cc3ccccc3)cc2)cc1. The lowest BCUT2D eigenvalue weighted by Gasteiger charge is -2.38. The molecule has 0 aliphatic carbocycles. The second kappa shape index (κ2) is 10.1. The molecule has 3 aromatic carbocycles. The van der Waals surface area contributed by atoms with E-state index < -0.39 is 12.1 Å². The van der Waals surface area contributed by atoms with Gasteiger partial charge in [0, 0.05) is 17.8 Å². The summed E-state index contributed by atoms with van der Waals surface area (Å²) in [4.78, 5) is 26.6. The van der Waals surface area contributed by atoms with Gasteiger partial charge in [0.1, 0.15) is 12.7 Å². The first-order valence-corrected chi connectivity index (χ1v) is 10.6. The molecule has 1 saturated heterocycles. The number of morpholine rings is 1. The molecule has 7 nitrogen and oxygen atoms in total. The number of carbonyl (C=O) groups is 2. The minimum absolute atomic E-state index is 0.00360. The number of nitriles is 1.